The van der Waals surface area contributed by atoms with Crippen LogP contribution < -0.4 is 21.9 Å². The van der Waals surface area contributed by atoms with Gasteiger partial charge in [0.1, 0.15) is 0 Å². The van der Waals surface area contributed by atoms with Crippen LogP contribution in [-0.2, 0) is 26.3 Å². The van der Waals surface area contributed by atoms with Crippen LogP contribution in [0.5, 0.6) is 0 Å². The number of ketones is 1. The third-order valence-electron chi connectivity index (χ3n) is 7.00. The molecule has 204 valence electrons. The van der Waals surface area contributed by atoms with Gasteiger partial charge in [0.2, 0.25) is 5.95 Å². The van der Waals surface area contributed by atoms with Gasteiger partial charge in [-0.1, -0.05) is 48.5 Å². The highest BCUT2D eigenvalue weighted by Crippen LogP contribution is 2.33. The summed E-state index contributed by atoms with van der Waals surface area (Å²) >= 11 is 0. The number of benzene rings is 2. The van der Waals surface area contributed by atoms with E-state index in [1.165, 1.54) is 29.8 Å². The fraction of sp³-hybridized carbons (Fsp3) is 0.333. The van der Waals surface area contributed by atoms with Gasteiger partial charge < -0.3 is 10.6 Å². The second kappa shape index (κ2) is 10.2. The van der Waals surface area contributed by atoms with Gasteiger partial charge >= 0.3 is 11.9 Å². The number of fused-ring (bicyclic) bond motifs is 1. The molecule has 0 aliphatic carbocycles. The van der Waals surface area contributed by atoms with E-state index < -0.39 is 35.3 Å². The quantitative estimate of drug-likeness (QED) is 0.377. The van der Waals surface area contributed by atoms with E-state index in [1.807, 2.05) is 4.90 Å². The summed E-state index contributed by atoms with van der Waals surface area (Å²) in [6.07, 6.45) is -3.10. The molecule has 1 aliphatic rings. The fourth-order valence-corrected chi connectivity index (χ4v) is 5.05. The zero-order chi connectivity index (χ0) is 27.9. The molecule has 0 radical (unpaired) electrons. The number of rotatable bonds is 6. The zero-order valence-electron chi connectivity index (χ0n) is 21.2. The summed E-state index contributed by atoms with van der Waals surface area (Å²) in [5.41, 5.74) is 4.00. The van der Waals surface area contributed by atoms with E-state index in [9.17, 15) is 27.6 Å². The van der Waals surface area contributed by atoms with Gasteiger partial charge in [0, 0.05) is 31.7 Å². The number of Topliss-reactive ketones (excluding diaryl/α,β-unsaturated/α-hetero) is 1. The summed E-state index contributed by atoms with van der Waals surface area (Å²) in [6.45, 7) is 0.0679. The number of aromatic nitrogens is 4. The summed E-state index contributed by atoms with van der Waals surface area (Å²) < 4.78 is 44.9. The van der Waals surface area contributed by atoms with Crippen LogP contribution in [0, 0.1) is 0 Å². The van der Waals surface area contributed by atoms with Crippen LogP contribution in [-0.4, -0.2) is 43.6 Å². The number of nitrogens with two attached hydrogens (primary N) is 1. The van der Waals surface area contributed by atoms with E-state index >= 15 is 0 Å². The Bertz CT molecular complexity index is 1660. The Hall–Kier alpha value is -4.19. The molecule has 1 atom stereocenters. The number of hydrogen-bond acceptors (Lipinski definition) is 6. The maximum absolute atomic E-state index is 13.9. The standard InChI is InChI=1S/C27H27F3N6O3/c1-33-23-22(24(38)36(26(33)39)16-21(37)17-8-3-2-4-9-17)35(25(32-23)34-13-7-11-19(31)15-34)14-18-10-5-6-12-20(18)27(28,29)30/h2-6,8-10,12,19H,7,11,13-16,31H2,1H3. The molecule has 0 saturated carbocycles. The molecule has 3 heterocycles. The Morgan fingerprint density at radius 2 is 1.74 bits per heavy atom. The van der Waals surface area contributed by atoms with Gasteiger partial charge in [-0.3, -0.25) is 23.3 Å². The topological polar surface area (TPSA) is 108 Å². The van der Waals surface area contributed by atoms with Gasteiger partial charge in [0.25, 0.3) is 5.56 Å². The molecule has 9 nitrogen and oxygen atoms in total. The molecule has 1 saturated heterocycles. The molecule has 2 aromatic heterocycles. The normalized spacial score (nSPS) is 16.1. The van der Waals surface area contributed by atoms with Crippen molar-refractivity contribution in [1.82, 2.24) is 18.7 Å². The summed E-state index contributed by atoms with van der Waals surface area (Å²) in [5.74, 6) is -0.207. The third kappa shape index (κ3) is 4.99. The van der Waals surface area contributed by atoms with E-state index in [-0.39, 0.29) is 35.3 Å². The van der Waals surface area contributed by atoms with Gasteiger partial charge in [-0.05, 0) is 24.5 Å². The maximum atomic E-state index is 13.9. The van der Waals surface area contributed by atoms with Gasteiger partial charge in [-0.15, -0.1) is 0 Å². The van der Waals surface area contributed by atoms with Crippen LogP contribution in [0.2, 0.25) is 0 Å². The second-order valence-electron chi connectivity index (χ2n) is 9.70. The molecule has 1 fully saturated rings. The predicted molar refractivity (Wildman–Crippen MR) is 140 cm³/mol. The van der Waals surface area contributed by atoms with E-state index in [1.54, 1.807) is 30.3 Å². The average molecular weight is 541 g/mol. The molecule has 2 aromatic carbocycles. The minimum atomic E-state index is -4.62. The molecule has 1 unspecified atom stereocenters. The van der Waals surface area contributed by atoms with E-state index in [0.29, 0.717) is 18.7 Å². The third-order valence-corrected chi connectivity index (χ3v) is 7.00. The van der Waals surface area contributed by atoms with Crippen molar-refractivity contribution in [1.29, 1.82) is 0 Å². The molecule has 0 amide bonds. The Balaban J connectivity index is 1.72. The molecule has 12 heteroatoms. The number of carbonyl (C=O) groups is 1. The number of alkyl halides is 3. The molecule has 1 aliphatic heterocycles. The van der Waals surface area contributed by atoms with Gasteiger partial charge in [0.05, 0.1) is 18.7 Å². The minimum absolute atomic E-state index is 0.0204. The zero-order valence-corrected chi connectivity index (χ0v) is 21.2. The van der Waals surface area contributed by atoms with Gasteiger partial charge in [0.15, 0.2) is 16.9 Å². The second-order valence-corrected chi connectivity index (χ2v) is 9.70. The lowest BCUT2D eigenvalue weighted by Crippen LogP contribution is -2.44. The summed E-state index contributed by atoms with van der Waals surface area (Å²) in [4.78, 5) is 46.3. The maximum Gasteiger partial charge on any atom is 0.416 e. The lowest BCUT2D eigenvalue weighted by atomic mass is 10.1. The number of anilines is 1. The number of aryl methyl sites for hydroxylation is 1. The van der Waals surface area contributed by atoms with Crippen LogP contribution in [0.4, 0.5) is 19.1 Å². The van der Waals surface area contributed by atoms with Crippen LogP contribution in [0.1, 0.15) is 34.3 Å². The van der Waals surface area contributed by atoms with Gasteiger partial charge in [-0.25, -0.2) is 4.79 Å². The first-order valence-electron chi connectivity index (χ1n) is 12.5. The minimum Gasteiger partial charge on any atom is -0.341 e. The monoisotopic (exact) mass is 540 g/mol. The van der Waals surface area contributed by atoms with Crippen molar-refractivity contribution in [2.75, 3.05) is 18.0 Å². The average Bonchev–Trinajstić information content (AvgIpc) is 3.29. The molecular weight excluding hydrogens is 513 g/mol. The number of piperidine rings is 1. The molecule has 5 rings (SSSR count). The molecule has 0 bridgehead atoms. The first-order chi connectivity index (χ1) is 18.6. The molecular formula is C27H27F3N6O3. The smallest absolute Gasteiger partial charge is 0.341 e. The van der Waals surface area contributed by atoms with Crippen LogP contribution in [0.3, 0.4) is 0 Å². The Kier molecular flexibility index (Phi) is 6.89. The lowest BCUT2D eigenvalue weighted by Gasteiger charge is -2.32. The Labute approximate surface area is 220 Å². The largest absolute Gasteiger partial charge is 0.416 e. The number of nitrogens with zero attached hydrogens (tertiary/aromatic N) is 5. The predicted octanol–water partition coefficient (Wildman–Crippen LogP) is 2.77. The molecule has 4 aromatic rings. The first kappa shape index (κ1) is 26.4. The number of carbonyl (C=O) groups excluding carboxylic acids is 1. The number of hydrogen-bond donors (Lipinski definition) is 1. The van der Waals surface area contributed by atoms with E-state index in [2.05, 4.69) is 4.98 Å². The van der Waals surface area contributed by atoms with Crippen molar-refractivity contribution < 1.29 is 18.0 Å². The number of halogens is 3. The van der Waals surface area contributed by atoms with E-state index in [4.69, 9.17) is 5.73 Å². The fourth-order valence-electron chi connectivity index (χ4n) is 5.05. The number of imidazole rings is 1. The summed E-state index contributed by atoms with van der Waals surface area (Å²) in [5, 5.41) is 0. The van der Waals surface area contributed by atoms with Gasteiger partial charge in [-0.2, -0.15) is 18.2 Å². The molecule has 2 N–H and O–H groups in total. The van der Waals surface area contributed by atoms with Crippen molar-refractivity contribution in [3.8, 4) is 0 Å². The summed E-state index contributed by atoms with van der Waals surface area (Å²) in [6, 6.07) is 13.2. The van der Waals surface area contributed by atoms with Crippen molar-refractivity contribution in [2.45, 2.75) is 38.1 Å². The van der Waals surface area contributed by atoms with Crippen molar-refractivity contribution in [3.05, 3.63) is 92.1 Å². The van der Waals surface area contributed by atoms with Crippen molar-refractivity contribution >= 4 is 22.9 Å². The molecule has 39 heavy (non-hydrogen) atoms. The molecule has 0 spiro atoms. The van der Waals surface area contributed by atoms with Crippen molar-refractivity contribution in [3.63, 3.8) is 0 Å². The highest BCUT2D eigenvalue weighted by Gasteiger charge is 2.34. The Morgan fingerprint density at radius 1 is 1.05 bits per heavy atom. The van der Waals surface area contributed by atoms with Crippen molar-refractivity contribution in [2.24, 2.45) is 12.8 Å². The lowest BCUT2D eigenvalue weighted by molar-refractivity contribution is -0.138. The Morgan fingerprint density at radius 3 is 2.44 bits per heavy atom. The highest BCUT2D eigenvalue weighted by atomic mass is 19.4. The van der Waals surface area contributed by atoms with Crippen LogP contribution in [0.15, 0.2) is 64.2 Å². The van der Waals surface area contributed by atoms with Crippen LogP contribution in [0.25, 0.3) is 11.2 Å². The first-order valence-corrected chi connectivity index (χ1v) is 12.5. The SMILES string of the molecule is Cn1c(=O)n(CC(=O)c2ccccc2)c(=O)c2c1nc(N1CCCC(N)C1)n2Cc1ccccc1C(F)(F)F. The van der Waals surface area contributed by atoms with E-state index in [0.717, 1.165) is 28.0 Å². The summed E-state index contributed by atoms with van der Waals surface area (Å²) in [7, 11) is 1.42. The van der Waals surface area contributed by atoms with Crippen LogP contribution >= 0.6 is 0 Å². The highest BCUT2D eigenvalue weighted by molar-refractivity contribution is 5.95.